The number of sulfonamides is 1. The average Bonchev–Trinajstić information content (AvgIpc) is 3.47. The van der Waals surface area contributed by atoms with Gasteiger partial charge in [0, 0.05) is 31.0 Å². The van der Waals surface area contributed by atoms with Gasteiger partial charge < -0.3 is 5.32 Å². The average molecular weight is 497 g/mol. The second kappa shape index (κ2) is 8.60. The van der Waals surface area contributed by atoms with Gasteiger partial charge in [-0.2, -0.15) is 13.2 Å². The zero-order chi connectivity index (χ0) is 24.3. The van der Waals surface area contributed by atoms with E-state index in [1.165, 1.54) is 22.5 Å². The number of hydrogen-bond acceptors (Lipinski definition) is 3. The van der Waals surface area contributed by atoms with E-state index in [1.807, 2.05) is 13.1 Å². The second-order valence-electron chi connectivity index (χ2n) is 9.92. The van der Waals surface area contributed by atoms with Crippen molar-refractivity contribution < 1.29 is 26.0 Å². The molecule has 3 aliphatic rings. The molecule has 184 valence electrons. The monoisotopic (exact) mass is 496 g/mol. The van der Waals surface area contributed by atoms with Crippen molar-refractivity contribution in [1.29, 1.82) is 0 Å². The predicted molar refractivity (Wildman–Crippen MR) is 122 cm³/mol. The van der Waals surface area contributed by atoms with Gasteiger partial charge in [-0.25, -0.2) is 17.1 Å². The number of halogens is 4. The van der Waals surface area contributed by atoms with E-state index in [0.29, 0.717) is 24.0 Å². The lowest BCUT2D eigenvalue weighted by atomic mass is 9.86. The minimum atomic E-state index is -4.40. The summed E-state index contributed by atoms with van der Waals surface area (Å²) in [6, 6.07) is 8.70. The molecule has 2 aromatic rings. The lowest BCUT2D eigenvalue weighted by Crippen LogP contribution is -2.49. The number of nitrogens with zero attached hydrogens (tertiary/aromatic N) is 1. The number of alkyl halides is 3. The molecule has 1 aliphatic heterocycles. The Kier molecular flexibility index (Phi) is 6.01. The molecule has 1 heterocycles. The SMILES string of the molecule is CNC1Cc2cc(F)c(C3CN(S(=O)(=O)CC4CC4)C3)cc2C1Cc1cccc(C(F)(F)F)c1. The van der Waals surface area contributed by atoms with Crippen molar-refractivity contribution in [3.8, 4) is 0 Å². The first kappa shape index (κ1) is 23.8. The summed E-state index contributed by atoms with van der Waals surface area (Å²) in [6.07, 6.45) is -1.50. The molecule has 9 heteroatoms. The summed E-state index contributed by atoms with van der Waals surface area (Å²) in [5, 5.41) is 3.24. The normalized spacial score (nSPS) is 23.7. The van der Waals surface area contributed by atoms with Crippen LogP contribution in [0.4, 0.5) is 17.6 Å². The van der Waals surface area contributed by atoms with Gasteiger partial charge in [0.2, 0.25) is 10.0 Å². The van der Waals surface area contributed by atoms with Gasteiger partial charge in [-0.15, -0.1) is 0 Å². The fourth-order valence-corrected chi connectivity index (χ4v) is 7.27. The third-order valence-corrected chi connectivity index (χ3v) is 9.47. The zero-order valence-electron chi connectivity index (χ0n) is 18.9. The van der Waals surface area contributed by atoms with Crippen LogP contribution < -0.4 is 5.32 Å². The largest absolute Gasteiger partial charge is 0.416 e. The lowest BCUT2D eigenvalue weighted by molar-refractivity contribution is -0.137. The van der Waals surface area contributed by atoms with E-state index in [9.17, 15) is 21.6 Å². The molecule has 0 amide bonds. The molecule has 34 heavy (non-hydrogen) atoms. The van der Waals surface area contributed by atoms with E-state index in [1.54, 1.807) is 6.07 Å². The first-order valence-electron chi connectivity index (χ1n) is 11.7. The predicted octanol–water partition coefficient (Wildman–Crippen LogP) is 4.45. The van der Waals surface area contributed by atoms with Crippen LogP contribution in [-0.4, -0.2) is 44.7 Å². The molecule has 1 saturated carbocycles. The molecule has 0 radical (unpaired) electrons. The maximum absolute atomic E-state index is 15.0. The molecular formula is C25H28F4N2O2S. The molecule has 0 spiro atoms. The minimum absolute atomic E-state index is 0.0176. The molecule has 0 aromatic heterocycles. The van der Waals surface area contributed by atoms with Gasteiger partial charge in [-0.3, -0.25) is 0 Å². The Labute approximate surface area is 197 Å². The summed E-state index contributed by atoms with van der Waals surface area (Å²) in [5.41, 5.74) is 2.20. The number of benzene rings is 2. The zero-order valence-corrected chi connectivity index (χ0v) is 19.7. The first-order valence-corrected chi connectivity index (χ1v) is 13.3. The number of fused-ring (bicyclic) bond motifs is 1. The third-order valence-electron chi connectivity index (χ3n) is 7.49. The molecule has 1 saturated heterocycles. The minimum Gasteiger partial charge on any atom is -0.316 e. The fourth-order valence-electron chi connectivity index (χ4n) is 5.31. The summed E-state index contributed by atoms with van der Waals surface area (Å²) in [4.78, 5) is 0. The fraction of sp³-hybridized carbons (Fsp3) is 0.520. The Bertz CT molecular complexity index is 1190. The van der Waals surface area contributed by atoms with Crippen molar-refractivity contribution in [2.75, 3.05) is 25.9 Å². The lowest BCUT2D eigenvalue weighted by Gasteiger charge is -2.38. The van der Waals surface area contributed by atoms with E-state index in [0.717, 1.165) is 30.0 Å². The Hall–Kier alpha value is -1.97. The Morgan fingerprint density at radius 3 is 2.47 bits per heavy atom. The standard InChI is InChI=1S/C25H28F4N2O2S/c1-30-24-10-17-9-23(26)21(18-12-31(13-18)34(32,33)14-15-5-6-15)11-20(17)22(24)8-16-3-2-4-19(7-16)25(27,28)29/h2-4,7,9,11,15,18,22,24,30H,5-6,8,10,12-14H2,1H3. The van der Waals surface area contributed by atoms with Gasteiger partial charge in [0.1, 0.15) is 5.82 Å². The Morgan fingerprint density at radius 2 is 1.82 bits per heavy atom. The summed E-state index contributed by atoms with van der Waals surface area (Å²) in [6.45, 7) is 0.553. The van der Waals surface area contributed by atoms with E-state index >= 15 is 4.39 Å². The van der Waals surface area contributed by atoms with Crippen molar-refractivity contribution in [1.82, 2.24) is 9.62 Å². The topological polar surface area (TPSA) is 49.4 Å². The highest BCUT2D eigenvalue weighted by Crippen LogP contribution is 2.42. The summed E-state index contributed by atoms with van der Waals surface area (Å²) in [5.74, 6) is -0.205. The summed E-state index contributed by atoms with van der Waals surface area (Å²) < 4.78 is 81.0. The van der Waals surface area contributed by atoms with Gasteiger partial charge in [0.05, 0.1) is 11.3 Å². The number of rotatable bonds is 7. The molecule has 1 N–H and O–H groups in total. The summed E-state index contributed by atoms with van der Waals surface area (Å²) in [7, 11) is -1.49. The van der Waals surface area contributed by atoms with Crippen molar-refractivity contribution >= 4 is 10.0 Å². The van der Waals surface area contributed by atoms with Gasteiger partial charge in [0.15, 0.2) is 0 Å². The second-order valence-corrected chi connectivity index (χ2v) is 11.9. The van der Waals surface area contributed by atoms with Crippen LogP contribution in [0.1, 0.15) is 52.5 Å². The molecule has 2 aromatic carbocycles. The third kappa shape index (κ3) is 4.62. The molecule has 4 nitrogen and oxygen atoms in total. The molecule has 2 fully saturated rings. The first-order chi connectivity index (χ1) is 16.0. The smallest absolute Gasteiger partial charge is 0.316 e. The maximum atomic E-state index is 15.0. The van der Waals surface area contributed by atoms with Crippen molar-refractivity contribution in [2.24, 2.45) is 5.92 Å². The van der Waals surface area contributed by atoms with Crippen molar-refractivity contribution in [3.05, 3.63) is 70.0 Å². The van der Waals surface area contributed by atoms with Crippen LogP contribution >= 0.6 is 0 Å². The van der Waals surface area contributed by atoms with E-state index < -0.39 is 21.8 Å². The number of hydrogen-bond donors (Lipinski definition) is 1. The molecule has 2 unspecified atom stereocenters. The van der Waals surface area contributed by atoms with Gasteiger partial charge in [0.25, 0.3) is 0 Å². The highest BCUT2D eigenvalue weighted by molar-refractivity contribution is 7.89. The quantitative estimate of drug-likeness (QED) is 0.576. The van der Waals surface area contributed by atoms with E-state index in [2.05, 4.69) is 5.32 Å². The Morgan fingerprint density at radius 1 is 1.09 bits per heavy atom. The van der Waals surface area contributed by atoms with Crippen molar-refractivity contribution in [2.45, 2.75) is 49.7 Å². The molecule has 2 atom stereocenters. The van der Waals surface area contributed by atoms with Crippen LogP contribution in [0.5, 0.6) is 0 Å². The van der Waals surface area contributed by atoms with Gasteiger partial charge in [-0.1, -0.05) is 24.3 Å². The van der Waals surface area contributed by atoms with Crippen LogP contribution in [0.3, 0.4) is 0 Å². The molecule has 5 rings (SSSR count). The van der Waals surface area contributed by atoms with Gasteiger partial charge in [-0.05, 0) is 73.0 Å². The number of likely N-dealkylation sites (N-methyl/N-ethyl adjacent to an activating group) is 1. The number of nitrogens with one attached hydrogen (secondary N) is 1. The van der Waals surface area contributed by atoms with Crippen LogP contribution in [-0.2, 0) is 29.0 Å². The van der Waals surface area contributed by atoms with E-state index in [-0.39, 0.29) is 48.5 Å². The molecule has 2 aliphatic carbocycles. The van der Waals surface area contributed by atoms with Gasteiger partial charge >= 0.3 is 6.18 Å². The van der Waals surface area contributed by atoms with Crippen LogP contribution in [0.25, 0.3) is 0 Å². The highest BCUT2D eigenvalue weighted by Gasteiger charge is 2.42. The van der Waals surface area contributed by atoms with Crippen LogP contribution in [0, 0.1) is 11.7 Å². The molecule has 0 bridgehead atoms. The van der Waals surface area contributed by atoms with Crippen LogP contribution in [0.15, 0.2) is 36.4 Å². The maximum Gasteiger partial charge on any atom is 0.416 e. The summed E-state index contributed by atoms with van der Waals surface area (Å²) >= 11 is 0. The van der Waals surface area contributed by atoms with E-state index in [4.69, 9.17) is 0 Å². The highest BCUT2D eigenvalue weighted by atomic mass is 32.2. The van der Waals surface area contributed by atoms with Crippen molar-refractivity contribution in [3.63, 3.8) is 0 Å². The Balaban J connectivity index is 1.37. The van der Waals surface area contributed by atoms with Crippen LogP contribution in [0.2, 0.25) is 0 Å². The molecular weight excluding hydrogens is 468 g/mol.